The average Bonchev–Trinajstić information content (AvgIpc) is 2.82. The molecule has 0 aliphatic carbocycles. The number of benzene rings is 1. The zero-order valence-electron chi connectivity index (χ0n) is 9.71. The maximum Gasteiger partial charge on any atom is 0.338 e. The van der Waals surface area contributed by atoms with Crippen molar-refractivity contribution >= 4 is 5.97 Å². The summed E-state index contributed by atoms with van der Waals surface area (Å²) in [5.74, 6) is 0.167. The molecule has 0 N–H and O–H groups in total. The minimum atomic E-state index is -0.493. The van der Waals surface area contributed by atoms with Crippen LogP contribution in [0.5, 0.6) is 0 Å². The second-order valence-corrected chi connectivity index (χ2v) is 3.70. The highest BCUT2D eigenvalue weighted by Crippen LogP contribution is 2.08. The first-order chi connectivity index (χ1) is 8.69. The molecule has 2 rings (SSSR count). The number of hydrogen-bond acceptors (Lipinski definition) is 5. The van der Waals surface area contributed by atoms with Crippen LogP contribution in [0.25, 0.3) is 0 Å². The summed E-state index contributed by atoms with van der Waals surface area (Å²) in [5.41, 5.74) is 1.31. The van der Waals surface area contributed by atoms with E-state index in [9.17, 15) is 4.79 Å². The van der Waals surface area contributed by atoms with E-state index < -0.39 is 5.97 Å². The van der Waals surface area contributed by atoms with Gasteiger partial charge in [-0.1, -0.05) is 11.2 Å². The van der Waals surface area contributed by atoms with Gasteiger partial charge in [-0.15, -0.1) is 0 Å². The van der Waals surface area contributed by atoms with E-state index in [0.717, 1.165) is 0 Å². The minimum absolute atomic E-state index is 0.0486. The molecular formula is C13H10N2O3. The van der Waals surface area contributed by atoms with Crippen LogP contribution in [0, 0.1) is 18.3 Å². The molecule has 5 heteroatoms. The monoisotopic (exact) mass is 242 g/mol. The largest absolute Gasteiger partial charge is 0.455 e. The predicted molar refractivity (Wildman–Crippen MR) is 61.5 cm³/mol. The number of rotatable bonds is 3. The summed E-state index contributed by atoms with van der Waals surface area (Å²) in [4.78, 5) is 11.7. The van der Waals surface area contributed by atoms with Crippen LogP contribution in [-0.4, -0.2) is 11.1 Å². The molecule has 0 amide bonds. The van der Waals surface area contributed by atoms with E-state index in [1.54, 1.807) is 31.2 Å². The Hall–Kier alpha value is -2.61. The van der Waals surface area contributed by atoms with Crippen molar-refractivity contribution in [1.82, 2.24) is 5.16 Å². The zero-order valence-corrected chi connectivity index (χ0v) is 9.71. The van der Waals surface area contributed by atoms with Crippen LogP contribution in [0.2, 0.25) is 0 Å². The molecule has 0 radical (unpaired) electrons. The Bertz CT molecular complexity index is 611. The number of nitrogens with zero attached hydrogens (tertiary/aromatic N) is 2. The molecule has 0 fully saturated rings. The second-order valence-electron chi connectivity index (χ2n) is 3.70. The van der Waals surface area contributed by atoms with Crippen LogP contribution >= 0.6 is 0 Å². The van der Waals surface area contributed by atoms with Crippen LogP contribution in [-0.2, 0) is 11.3 Å². The van der Waals surface area contributed by atoms with Gasteiger partial charge in [-0.25, -0.2) is 4.79 Å². The van der Waals surface area contributed by atoms with Crippen molar-refractivity contribution in [1.29, 1.82) is 5.26 Å². The van der Waals surface area contributed by atoms with E-state index in [4.69, 9.17) is 14.5 Å². The Balaban J connectivity index is 2.01. The van der Waals surface area contributed by atoms with Crippen molar-refractivity contribution in [3.05, 3.63) is 52.9 Å². The first kappa shape index (κ1) is 11.9. The third-order valence-corrected chi connectivity index (χ3v) is 2.26. The van der Waals surface area contributed by atoms with Gasteiger partial charge in [0, 0.05) is 6.07 Å². The summed E-state index contributed by atoms with van der Waals surface area (Å²) in [6.07, 6.45) is 0. The lowest BCUT2D eigenvalue weighted by atomic mass is 10.1. The number of esters is 1. The molecule has 2 aromatic rings. The Labute approximate surface area is 104 Å². The van der Waals surface area contributed by atoms with Crippen molar-refractivity contribution in [2.45, 2.75) is 13.5 Å². The normalized spacial score (nSPS) is 9.78. The Morgan fingerprint density at radius 3 is 3.00 bits per heavy atom. The Morgan fingerprint density at radius 1 is 1.50 bits per heavy atom. The van der Waals surface area contributed by atoms with Crippen LogP contribution in [0.1, 0.15) is 27.4 Å². The summed E-state index contributed by atoms with van der Waals surface area (Å²) in [7, 11) is 0. The van der Waals surface area contributed by atoms with Crippen molar-refractivity contribution in [3.63, 3.8) is 0 Å². The fourth-order valence-corrected chi connectivity index (χ4v) is 1.42. The minimum Gasteiger partial charge on any atom is -0.455 e. The van der Waals surface area contributed by atoms with E-state index in [0.29, 0.717) is 22.6 Å². The summed E-state index contributed by atoms with van der Waals surface area (Å²) in [5, 5.41) is 12.4. The third-order valence-electron chi connectivity index (χ3n) is 2.26. The molecule has 0 aliphatic heterocycles. The average molecular weight is 242 g/mol. The first-order valence-corrected chi connectivity index (χ1v) is 5.28. The van der Waals surface area contributed by atoms with Gasteiger partial charge in [-0.2, -0.15) is 5.26 Å². The lowest BCUT2D eigenvalue weighted by molar-refractivity contribution is 0.0464. The lowest BCUT2D eigenvalue weighted by Gasteiger charge is -2.02. The van der Waals surface area contributed by atoms with Crippen LogP contribution < -0.4 is 0 Å². The van der Waals surface area contributed by atoms with Gasteiger partial charge in [0.1, 0.15) is 18.1 Å². The maximum atomic E-state index is 11.7. The second kappa shape index (κ2) is 5.15. The SMILES string of the molecule is Cc1cc(COC(=O)c2cccc(C#N)c2)no1. The molecule has 90 valence electrons. The first-order valence-electron chi connectivity index (χ1n) is 5.28. The quantitative estimate of drug-likeness (QED) is 0.771. The molecule has 0 atom stereocenters. The molecule has 5 nitrogen and oxygen atoms in total. The number of aryl methyl sites for hydroxylation is 1. The van der Waals surface area contributed by atoms with E-state index in [1.165, 1.54) is 6.07 Å². The topological polar surface area (TPSA) is 76.1 Å². The number of nitriles is 1. The van der Waals surface area contributed by atoms with E-state index in [2.05, 4.69) is 5.16 Å². The van der Waals surface area contributed by atoms with Gasteiger partial charge in [-0.05, 0) is 25.1 Å². The van der Waals surface area contributed by atoms with Gasteiger partial charge >= 0.3 is 5.97 Å². The maximum absolute atomic E-state index is 11.7. The van der Waals surface area contributed by atoms with Gasteiger partial charge in [0.15, 0.2) is 0 Å². The number of aromatic nitrogens is 1. The molecule has 0 unspecified atom stereocenters. The van der Waals surface area contributed by atoms with Gasteiger partial charge in [0.05, 0.1) is 17.2 Å². The van der Waals surface area contributed by atoms with Crippen molar-refractivity contribution in [3.8, 4) is 6.07 Å². The molecule has 1 aromatic heterocycles. The van der Waals surface area contributed by atoms with Gasteiger partial charge < -0.3 is 9.26 Å². The molecular weight excluding hydrogens is 232 g/mol. The molecule has 0 spiro atoms. The molecule has 0 bridgehead atoms. The summed E-state index contributed by atoms with van der Waals surface area (Å²) in [6, 6.07) is 9.99. The highest BCUT2D eigenvalue weighted by molar-refractivity contribution is 5.89. The molecule has 0 saturated heterocycles. The molecule has 1 aromatic carbocycles. The highest BCUT2D eigenvalue weighted by atomic mass is 16.5. The zero-order chi connectivity index (χ0) is 13.0. The molecule has 0 aliphatic rings. The van der Waals surface area contributed by atoms with E-state index >= 15 is 0 Å². The van der Waals surface area contributed by atoms with Gasteiger partial charge in [-0.3, -0.25) is 0 Å². The Kier molecular flexibility index (Phi) is 3.39. The van der Waals surface area contributed by atoms with Crippen LogP contribution in [0.3, 0.4) is 0 Å². The van der Waals surface area contributed by atoms with Gasteiger partial charge in [0.2, 0.25) is 0 Å². The van der Waals surface area contributed by atoms with Crippen LogP contribution in [0.4, 0.5) is 0 Å². The Morgan fingerprint density at radius 2 is 2.33 bits per heavy atom. The molecule has 18 heavy (non-hydrogen) atoms. The number of hydrogen-bond donors (Lipinski definition) is 0. The smallest absolute Gasteiger partial charge is 0.338 e. The van der Waals surface area contributed by atoms with E-state index in [-0.39, 0.29) is 6.61 Å². The standard InChI is InChI=1S/C13H10N2O3/c1-9-5-12(15-18-9)8-17-13(16)11-4-2-3-10(6-11)7-14/h2-6H,8H2,1H3. The van der Waals surface area contributed by atoms with E-state index in [1.807, 2.05) is 6.07 Å². The summed E-state index contributed by atoms with van der Waals surface area (Å²) >= 11 is 0. The molecule has 1 heterocycles. The fourth-order valence-electron chi connectivity index (χ4n) is 1.42. The predicted octanol–water partition coefficient (Wildman–Crippen LogP) is 2.21. The number of ether oxygens (including phenoxy) is 1. The number of carbonyl (C=O) groups is 1. The summed E-state index contributed by atoms with van der Waals surface area (Å²) < 4.78 is 9.91. The highest BCUT2D eigenvalue weighted by Gasteiger charge is 2.09. The van der Waals surface area contributed by atoms with Gasteiger partial charge in [0.25, 0.3) is 0 Å². The van der Waals surface area contributed by atoms with Crippen molar-refractivity contribution < 1.29 is 14.1 Å². The fraction of sp³-hybridized carbons (Fsp3) is 0.154. The number of carbonyl (C=O) groups excluding carboxylic acids is 1. The van der Waals surface area contributed by atoms with Crippen LogP contribution in [0.15, 0.2) is 34.9 Å². The van der Waals surface area contributed by atoms with Crippen molar-refractivity contribution in [2.24, 2.45) is 0 Å². The third kappa shape index (κ3) is 2.74. The molecule has 0 saturated carbocycles. The summed E-state index contributed by atoms with van der Waals surface area (Å²) in [6.45, 7) is 1.81. The van der Waals surface area contributed by atoms with Crippen molar-refractivity contribution in [2.75, 3.05) is 0 Å². The lowest BCUT2D eigenvalue weighted by Crippen LogP contribution is -2.05.